The van der Waals surface area contributed by atoms with Gasteiger partial charge in [0.15, 0.2) is 0 Å². The molecule has 0 aromatic carbocycles. The molecule has 0 amide bonds. The van der Waals surface area contributed by atoms with Crippen molar-refractivity contribution in [1.29, 1.82) is 5.26 Å². The number of aliphatic hydroxyl groups is 1. The van der Waals surface area contributed by atoms with Crippen LogP contribution in [-0.2, 0) is 4.74 Å². The molecular weight excluding hydrogens is 204 g/mol. The summed E-state index contributed by atoms with van der Waals surface area (Å²) in [6, 6.07) is 2.10. The summed E-state index contributed by atoms with van der Waals surface area (Å²) in [5, 5.41) is 18.4. The van der Waals surface area contributed by atoms with Crippen molar-refractivity contribution in [2.24, 2.45) is 0 Å². The lowest BCUT2D eigenvalue weighted by atomic mass is 10.2. The van der Waals surface area contributed by atoms with Gasteiger partial charge in [-0.05, 0) is 33.7 Å². The maximum absolute atomic E-state index is 9.76. The summed E-state index contributed by atoms with van der Waals surface area (Å²) in [4.78, 5) is 1.94. The van der Waals surface area contributed by atoms with E-state index >= 15 is 0 Å². The molecule has 94 valence electrons. The van der Waals surface area contributed by atoms with Crippen molar-refractivity contribution in [2.75, 3.05) is 26.2 Å². The summed E-state index contributed by atoms with van der Waals surface area (Å²) < 4.78 is 5.49. The van der Waals surface area contributed by atoms with Crippen LogP contribution in [0.4, 0.5) is 0 Å². The van der Waals surface area contributed by atoms with Crippen LogP contribution in [0.15, 0.2) is 0 Å². The first-order chi connectivity index (χ1) is 7.39. The molecule has 1 N–H and O–H groups in total. The van der Waals surface area contributed by atoms with Crippen LogP contribution in [0.25, 0.3) is 0 Å². The molecule has 0 aliphatic rings. The summed E-state index contributed by atoms with van der Waals surface area (Å²) in [7, 11) is 0. The highest BCUT2D eigenvalue weighted by atomic mass is 16.5. The normalized spacial score (nSPS) is 13.8. The highest BCUT2D eigenvalue weighted by Crippen LogP contribution is 2.07. The van der Waals surface area contributed by atoms with Crippen LogP contribution in [-0.4, -0.2) is 48.0 Å². The number of ether oxygens (including phenoxy) is 1. The van der Waals surface area contributed by atoms with Crippen LogP contribution in [0.2, 0.25) is 0 Å². The minimum Gasteiger partial charge on any atom is -0.389 e. The molecule has 0 radical (unpaired) electrons. The zero-order chi connectivity index (χ0) is 12.6. The Kier molecular flexibility index (Phi) is 7.31. The Bertz CT molecular complexity index is 218. The smallest absolute Gasteiger partial charge is 0.0900 e. The molecule has 0 aliphatic carbocycles. The molecule has 0 bridgehead atoms. The molecular formula is C12H24N2O2. The fraction of sp³-hybridized carbons (Fsp3) is 0.917. The van der Waals surface area contributed by atoms with Gasteiger partial charge in [0.25, 0.3) is 0 Å². The van der Waals surface area contributed by atoms with Crippen molar-refractivity contribution in [3.05, 3.63) is 0 Å². The third-order valence-corrected chi connectivity index (χ3v) is 2.01. The van der Waals surface area contributed by atoms with Crippen molar-refractivity contribution in [3.63, 3.8) is 0 Å². The molecule has 0 fully saturated rings. The molecule has 1 unspecified atom stereocenters. The van der Waals surface area contributed by atoms with Gasteiger partial charge >= 0.3 is 0 Å². The van der Waals surface area contributed by atoms with Gasteiger partial charge in [0, 0.05) is 6.54 Å². The zero-order valence-electron chi connectivity index (χ0n) is 10.9. The Labute approximate surface area is 98.8 Å². The zero-order valence-corrected chi connectivity index (χ0v) is 10.9. The van der Waals surface area contributed by atoms with E-state index in [1.807, 2.05) is 25.7 Å². The lowest BCUT2D eigenvalue weighted by Crippen LogP contribution is -2.37. The average molecular weight is 228 g/mol. The topological polar surface area (TPSA) is 56.5 Å². The van der Waals surface area contributed by atoms with E-state index in [2.05, 4.69) is 13.0 Å². The van der Waals surface area contributed by atoms with Crippen molar-refractivity contribution in [1.82, 2.24) is 4.90 Å². The first-order valence-corrected chi connectivity index (χ1v) is 5.80. The molecule has 16 heavy (non-hydrogen) atoms. The van der Waals surface area contributed by atoms with Gasteiger partial charge in [-0.1, -0.05) is 6.92 Å². The minimum atomic E-state index is -0.529. The number of hydrogen-bond acceptors (Lipinski definition) is 4. The Hall–Kier alpha value is -0.630. The van der Waals surface area contributed by atoms with Crippen molar-refractivity contribution < 1.29 is 9.84 Å². The third-order valence-electron chi connectivity index (χ3n) is 2.01. The summed E-state index contributed by atoms with van der Waals surface area (Å²) >= 11 is 0. The number of nitrogens with zero attached hydrogens (tertiary/aromatic N) is 2. The van der Waals surface area contributed by atoms with E-state index in [1.165, 1.54) is 0 Å². The Morgan fingerprint density at radius 2 is 2.06 bits per heavy atom. The molecule has 0 aliphatic heterocycles. The summed E-state index contributed by atoms with van der Waals surface area (Å²) in [6.07, 6.45) is 0.452. The molecule has 0 saturated carbocycles. The number of rotatable bonds is 7. The van der Waals surface area contributed by atoms with Gasteiger partial charge in [0.2, 0.25) is 0 Å². The fourth-order valence-electron chi connectivity index (χ4n) is 1.35. The van der Waals surface area contributed by atoms with Crippen LogP contribution < -0.4 is 0 Å². The third kappa shape index (κ3) is 8.66. The Balaban J connectivity index is 3.90. The van der Waals surface area contributed by atoms with Crippen molar-refractivity contribution >= 4 is 0 Å². The summed E-state index contributed by atoms with van der Waals surface area (Å²) in [6.45, 7) is 9.94. The molecule has 0 aromatic rings. The Morgan fingerprint density at radius 1 is 1.44 bits per heavy atom. The van der Waals surface area contributed by atoms with Gasteiger partial charge in [0.1, 0.15) is 0 Å². The first kappa shape index (κ1) is 15.4. The van der Waals surface area contributed by atoms with E-state index in [0.717, 1.165) is 13.0 Å². The van der Waals surface area contributed by atoms with E-state index < -0.39 is 6.10 Å². The number of nitriles is 1. The minimum absolute atomic E-state index is 0.230. The lowest BCUT2D eigenvalue weighted by molar-refractivity contribution is -0.0553. The second-order valence-corrected chi connectivity index (χ2v) is 4.97. The maximum Gasteiger partial charge on any atom is 0.0900 e. The van der Waals surface area contributed by atoms with Gasteiger partial charge in [-0.25, -0.2) is 0 Å². The predicted molar refractivity (Wildman–Crippen MR) is 64.1 cm³/mol. The van der Waals surface area contributed by atoms with Gasteiger partial charge < -0.3 is 9.84 Å². The quantitative estimate of drug-likeness (QED) is 0.669. The van der Waals surface area contributed by atoms with Crippen LogP contribution in [0.1, 0.15) is 34.1 Å². The van der Waals surface area contributed by atoms with E-state index in [0.29, 0.717) is 19.7 Å². The molecule has 0 aromatic heterocycles. The first-order valence-electron chi connectivity index (χ1n) is 5.80. The largest absolute Gasteiger partial charge is 0.389 e. The van der Waals surface area contributed by atoms with Crippen LogP contribution in [0, 0.1) is 11.3 Å². The van der Waals surface area contributed by atoms with Gasteiger partial charge in [-0.15, -0.1) is 0 Å². The molecule has 4 nitrogen and oxygen atoms in total. The molecule has 0 spiro atoms. The van der Waals surface area contributed by atoms with Crippen LogP contribution in [0.5, 0.6) is 0 Å². The standard InChI is InChI=1S/C12H24N2O2/c1-5-7-14(8-6-13)9-11(15)10-16-12(2,3)4/h11,15H,5,7-10H2,1-4H3. The predicted octanol–water partition coefficient (Wildman–Crippen LogP) is 1.40. The summed E-state index contributed by atoms with van der Waals surface area (Å²) in [5.41, 5.74) is -0.230. The van der Waals surface area contributed by atoms with Crippen molar-refractivity contribution in [3.8, 4) is 6.07 Å². The average Bonchev–Trinajstić information content (AvgIpc) is 2.14. The van der Waals surface area contributed by atoms with E-state index in [-0.39, 0.29) is 5.60 Å². The lowest BCUT2D eigenvalue weighted by Gasteiger charge is -2.25. The molecule has 0 saturated heterocycles. The highest BCUT2D eigenvalue weighted by molar-refractivity contribution is 4.78. The maximum atomic E-state index is 9.76. The fourth-order valence-corrected chi connectivity index (χ4v) is 1.35. The second-order valence-electron chi connectivity index (χ2n) is 4.97. The summed E-state index contributed by atoms with van der Waals surface area (Å²) in [5.74, 6) is 0. The van der Waals surface area contributed by atoms with Gasteiger partial charge in [0.05, 0.1) is 30.9 Å². The van der Waals surface area contributed by atoms with Crippen molar-refractivity contribution in [2.45, 2.75) is 45.8 Å². The highest BCUT2D eigenvalue weighted by Gasteiger charge is 2.15. The number of hydrogen-bond donors (Lipinski definition) is 1. The molecule has 0 rings (SSSR count). The molecule has 0 heterocycles. The van der Waals surface area contributed by atoms with Crippen LogP contribution in [0.3, 0.4) is 0 Å². The molecule has 1 atom stereocenters. The van der Waals surface area contributed by atoms with Gasteiger partial charge in [-0.3, -0.25) is 4.90 Å². The van der Waals surface area contributed by atoms with Crippen LogP contribution >= 0.6 is 0 Å². The number of aliphatic hydroxyl groups excluding tert-OH is 1. The SMILES string of the molecule is CCCN(CC#N)CC(O)COC(C)(C)C. The van der Waals surface area contributed by atoms with E-state index in [9.17, 15) is 5.11 Å². The van der Waals surface area contributed by atoms with E-state index in [1.54, 1.807) is 0 Å². The second kappa shape index (κ2) is 7.61. The Morgan fingerprint density at radius 3 is 2.50 bits per heavy atom. The molecule has 4 heteroatoms. The monoisotopic (exact) mass is 228 g/mol. The van der Waals surface area contributed by atoms with E-state index in [4.69, 9.17) is 10.00 Å². The van der Waals surface area contributed by atoms with Gasteiger partial charge in [-0.2, -0.15) is 5.26 Å².